The average molecular weight is 464 g/mol. The highest BCUT2D eigenvalue weighted by molar-refractivity contribution is 7.92. The summed E-state index contributed by atoms with van der Waals surface area (Å²) in [6.07, 6.45) is -4.64. The van der Waals surface area contributed by atoms with Gasteiger partial charge >= 0.3 is 6.18 Å². The van der Waals surface area contributed by atoms with Crippen LogP contribution in [-0.4, -0.2) is 8.42 Å². The molecule has 0 fully saturated rings. The third-order valence-corrected chi connectivity index (χ3v) is 6.27. The van der Waals surface area contributed by atoms with Crippen LogP contribution in [-0.2, 0) is 16.2 Å². The maximum absolute atomic E-state index is 13.3. The summed E-state index contributed by atoms with van der Waals surface area (Å²) in [6, 6.07) is 14.3. The number of hydrogen-bond donors (Lipinski definition) is 1. The predicted octanol–water partition coefficient (Wildman–Crippen LogP) is 7.04. The number of ether oxygens (including phenoxy) is 1. The summed E-state index contributed by atoms with van der Waals surface area (Å²) in [4.78, 5) is -0.0649. The lowest BCUT2D eigenvalue weighted by Gasteiger charge is -2.19. The highest BCUT2D eigenvalue weighted by Gasteiger charge is 2.32. The standard InChI is InChI=1S/C24H24F3NO3S/c1-15(2)20-11-7-17(4)13-23(20)31-22-12-8-18(24(25,26)27)14-21(22)28-32(29,30)19-9-5-16(3)6-10-19/h5-15,28H,1-4H3. The first-order valence-corrected chi connectivity index (χ1v) is 11.4. The zero-order chi connectivity index (χ0) is 23.7. The van der Waals surface area contributed by atoms with Crippen molar-refractivity contribution in [2.45, 2.75) is 44.7 Å². The Morgan fingerprint density at radius 1 is 0.844 bits per heavy atom. The molecule has 0 bridgehead atoms. The molecule has 0 saturated heterocycles. The van der Waals surface area contributed by atoms with E-state index in [2.05, 4.69) is 4.72 Å². The smallest absolute Gasteiger partial charge is 0.416 e. The van der Waals surface area contributed by atoms with E-state index in [-0.39, 0.29) is 22.3 Å². The molecule has 0 aliphatic heterocycles. The number of halogens is 3. The Hall–Kier alpha value is -3.00. The first kappa shape index (κ1) is 23.7. The van der Waals surface area contributed by atoms with Crippen molar-refractivity contribution in [2.75, 3.05) is 4.72 Å². The van der Waals surface area contributed by atoms with Crippen molar-refractivity contribution in [2.24, 2.45) is 0 Å². The van der Waals surface area contributed by atoms with Crippen LogP contribution in [0.25, 0.3) is 0 Å². The summed E-state index contributed by atoms with van der Waals surface area (Å²) >= 11 is 0. The van der Waals surface area contributed by atoms with Crippen LogP contribution in [0.1, 0.15) is 42.0 Å². The van der Waals surface area contributed by atoms with E-state index in [1.54, 1.807) is 25.1 Å². The van der Waals surface area contributed by atoms with E-state index in [0.29, 0.717) is 5.75 Å². The van der Waals surface area contributed by atoms with E-state index >= 15 is 0 Å². The molecule has 3 aromatic carbocycles. The molecule has 0 aromatic heterocycles. The van der Waals surface area contributed by atoms with Crippen molar-refractivity contribution in [1.29, 1.82) is 0 Å². The van der Waals surface area contributed by atoms with Gasteiger partial charge in [0, 0.05) is 0 Å². The maximum Gasteiger partial charge on any atom is 0.416 e. The van der Waals surface area contributed by atoms with E-state index in [1.165, 1.54) is 12.1 Å². The normalized spacial score (nSPS) is 12.1. The molecule has 0 aliphatic rings. The largest absolute Gasteiger partial charge is 0.455 e. The van der Waals surface area contributed by atoms with Crippen LogP contribution in [0, 0.1) is 13.8 Å². The fourth-order valence-electron chi connectivity index (χ4n) is 3.12. The molecule has 170 valence electrons. The van der Waals surface area contributed by atoms with Gasteiger partial charge in [-0.25, -0.2) is 8.42 Å². The van der Waals surface area contributed by atoms with Crippen LogP contribution in [0.5, 0.6) is 11.5 Å². The van der Waals surface area contributed by atoms with Crippen LogP contribution < -0.4 is 9.46 Å². The summed E-state index contributed by atoms with van der Waals surface area (Å²) in [5, 5.41) is 0. The Bertz CT molecular complexity index is 1220. The van der Waals surface area contributed by atoms with Gasteiger partial charge in [-0.05, 0) is 67.3 Å². The van der Waals surface area contributed by atoms with E-state index < -0.39 is 21.8 Å². The Kier molecular flexibility index (Phi) is 6.55. The highest BCUT2D eigenvalue weighted by atomic mass is 32.2. The second-order valence-corrected chi connectivity index (χ2v) is 9.61. The number of sulfonamides is 1. The number of rotatable bonds is 6. The number of benzene rings is 3. The van der Waals surface area contributed by atoms with Gasteiger partial charge in [0.05, 0.1) is 16.1 Å². The van der Waals surface area contributed by atoms with Gasteiger partial charge in [-0.1, -0.05) is 43.7 Å². The summed E-state index contributed by atoms with van der Waals surface area (Å²) in [6.45, 7) is 7.60. The zero-order valence-electron chi connectivity index (χ0n) is 18.1. The summed E-state index contributed by atoms with van der Waals surface area (Å²) in [7, 11) is -4.14. The lowest BCUT2D eigenvalue weighted by Crippen LogP contribution is -2.15. The van der Waals surface area contributed by atoms with Gasteiger partial charge in [0.1, 0.15) is 5.75 Å². The Morgan fingerprint density at radius 3 is 2.06 bits per heavy atom. The minimum absolute atomic E-state index is 0.0267. The van der Waals surface area contributed by atoms with E-state index in [0.717, 1.165) is 34.9 Å². The lowest BCUT2D eigenvalue weighted by atomic mass is 10.0. The van der Waals surface area contributed by atoms with Crippen molar-refractivity contribution in [3.63, 3.8) is 0 Å². The third-order valence-electron chi connectivity index (χ3n) is 4.89. The molecule has 0 radical (unpaired) electrons. The second kappa shape index (κ2) is 8.86. The second-order valence-electron chi connectivity index (χ2n) is 7.93. The fraction of sp³-hybridized carbons (Fsp3) is 0.250. The van der Waals surface area contributed by atoms with Gasteiger partial charge < -0.3 is 4.74 Å². The predicted molar refractivity (Wildman–Crippen MR) is 119 cm³/mol. The van der Waals surface area contributed by atoms with Crippen molar-refractivity contribution in [1.82, 2.24) is 0 Å². The number of anilines is 1. The first-order chi connectivity index (χ1) is 14.9. The SMILES string of the molecule is Cc1ccc(S(=O)(=O)Nc2cc(C(F)(F)F)ccc2Oc2cc(C)ccc2C(C)C)cc1. The molecule has 4 nitrogen and oxygen atoms in total. The molecule has 0 unspecified atom stereocenters. The third kappa shape index (κ3) is 5.43. The molecule has 8 heteroatoms. The van der Waals surface area contributed by atoms with E-state index in [4.69, 9.17) is 4.74 Å². The van der Waals surface area contributed by atoms with Crippen LogP contribution in [0.3, 0.4) is 0 Å². The molecular weight excluding hydrogens is 439 g/mol. The van der Waals surface area contributed by atoms with Gasteiger partial charge in [-0.3, -0.25) is 4.72 Å². The number of hydrogen-bond acceptors (Lipinski definition) is 3. The van der Waals surface area contributed by atoms with E-state index in [9.17, 15) is 21.6 Å². The molecular formula is C24H24F3NO3S. The molecule has 3 aromatic rings. The molecule has 0 spiro atoms. The maximum atomic E-state index is 13.3. The number of nitrogens with one attached hydrogen (secondary N) is 1. The zero-order valence-corrected chi connectivity index (χ0v) is 18.9. The first-order valence-electron chi connectivity index (χ1n) is 9.96. The van der Waals surface area contributed by atoms with Crippen LogP contribution >= 0.6 is 0 Å². The molecule has 32 heavy (non-hydrogen) atoms. The van der Waals surface area contributed by atoms with Gasteiger partial charge in [-0.15, -0.1) is 0 Å². The monoisotopic (exact) mass is 463 g/mol. The number of aryl methyl sites for hydroxylation is 2. The lowest BCUT2D eigenvalue weighted by molar-refractivity contribution is -0.137. The minimum Gasteiger partial charge on any atom is -0.455 e. The highest BCUT2D eigenvalue weighted by Crippen LogP contribution is 2.39. The van der Waals surface area contributed by atoms with Crippen molar-refractivity contribution >= 4 is 15.7 Å². The minimum atomic E-state index is -4.64. The molecule has 0 saturated carbocycles. The van der Waals surface area contributed by atoms with Crippen molar-refractivity contribution in [3.8, 4) is 11.5 Å². The van der Waals surface area contributed by atoms with Crippen LogP contribution in [0.15, 0.2) is 65.6 Å². The van der Waals surface area contributed by atoms with Gasteiger partial charge in [0.25, 0.3) is 10.0 Å². The Morgan fingerprint density at radius 2 is 1.47 bits per heavy atom. The van der Waals surface area contributed by atoms with Crippen LogP contribution in [0.4, 0.5) is 18.9 Å². The average Bonchev–Trinajstić information content (AvgIpc) is 2.68. The quantitative estimate of drug-likeness (QED) is 0.427. The molecule has 0 amide bonds. The molecule has 1 N–H and O–H groups in total. The van der Waals surface area contributed by atoms with Gasteiger partial charge in [0.15, 0.2) is 5.75 Å². The Balaban J connectivity index is 2.08. The molecule has 3 rings (SSSR count). The summed E-state index contributed by atoms with van der Waals surface area (Å²) < 4.78 is 73.9. The topological polar surface area (TPSA) is 55.4 Å². The fourth-order valence-corrected chi connectivity index (χ4v) is 4.18. The van der Waals surface area contributed by atoms with Crippen molar-refractivity contribution < 1.29 is 26.3 Å². The van der Waals surface area contributed by atoms with Gasteiger partial charge in [0.2, 0.25) is 0 Å². The number of alkyl halides is 3. The molecule has 0 heterocycles. The molecule has 0 aliphatic carbocycles. The van der Waals surface area contributed by atoms with Crippen molar-refractivity contribution in [3.05, 3.63) is 82.9 Å². The van der Waals surface area contributed by atoms with Crippen LogP contribution in [0.2, 0.25) is 0 Å². The summed E-state index contributed by atoms with van der Waals surface area (Å²) in [5.41, 5.74) is 1.32. The molecule has 0 atom stereocenters. The summed E-state index contributed by atoms with van der Waals surface area (Å²) in [5.74, 6) is 0.518. The van der Waals surface area contributed by atoms with E-state index in [1.807, 2.05) is 32.9 Å². The Labute approximate surface area is 186 Å². The van der Waals surface area contributed by atoms with Gasteiger partial charge in [-0.2, -0.15) is 13.2 Å².